The molecule has 0 aliphatic rings. The van der Waals surface area contributed by atoms with Gasteiger partial charge in [0.1, 0.15) is 0 Å². The molecule has 108 valence electrons. The average molecular weight is 276 g/mol. The Bertz CT molecular complexity index is 486. The predicted molar refractivity (Wildman–Crippen MR) is 77.0 cm³/mol. The van der Waals surface area contributed by atoms with E-state index in [2.05, 4.69) is 4.74 Å². The van der Waals surface area contributed by atoms with E-state index in [1.165, 1.54) is 13.2 Å². The first kappa shape index (κ1) is 16.0. The molecule has 20 heavy (non-hydrogen) atoms. The zero-order valence-electron chi connectivity index (χ0n) is 12.1. The van der Waals surface area contributed by atoms with Crippen molar-refractivity contribution in [2.75, 3.05) is 13.7 Å². The second-order valence-corrected chi connectivity index (χ2v) is 4.36. The Morgan fingerprint density at radius 1 is 1.15 bits per heavy atom. The van der Waals surface area contributed by atoms with Crippen molar-refractivity contribution in [1.82, 2.24) is 0 Å². The molecule has 4 heteroatoms. The molecule has 4 nitrogen and oxygen atoms in total. The number of rotatable bonds is 6. The van der Waals surface area contributed by atoms with Gasteiger partial charge in [-0.05, 0) is 31.4 Å². The number of carbonyl (C=O) groups excluding carboxylic acids is 2. The number of benzene rings is 1. The van der Waals surface area contributed by atoms with Crippen LogP contribution in [-0.4, -0.2) is 25.7 Å². The van der Waals surface area contributed by atoms with Gasteiger partial charge < -0.3 is 9.47 Å². The molecule has 0 saturated carbocycles. The van der Waals surface area contributed by atoms with Gasteiger partial charge in [0.2, 0.25) is 0 Å². The topological polar surface area (TPSA) is 52.6 Å². The lowest BCUT2D eigenvalue weighted by Crippen LogP contribution is -2.04. The second kappa shape index (κ2) is 8.15. The summed E-state index contributed by atoms with van der Waals surface area (Å²) in [6, 6.07) is 7.79. The van der Waals surface area contributed by atoms with Gasteiger partial charge in [0.15, 0.2) is 0 Å². The fourth-order valence-electron chi connectivity index (χ4n) is 1.73. The summed E-state index contributed by atoms with van der Waals surface area (Å²) in [7, 11) is 1.35. The summed E-state index contributed by atoms with van der Waals surface area (Å²) in [6.45, 7) is 4.08. The fourth-order valence-corrected chi connectivity index (χ4v) is 1.73. The summed E-state index contributed by atoms with van der Waals surface area (Å²) in [6.07, 6.45) is 2.11. The SMILES string of the molecule is CCOC(=O)/C=C(\CCC(=O)OC)c1ccc(C)cc1. The average Bonchev–Trinajstić information content (AvgIpc) is 2.44. The van der Waals surface area contributed by atoms with Crippen LogP contribution in [0.1, 0.15) is 30.9 Å². The van der Waals surface area contributed by atoms with E-state index < -0.39 is 5.97 Å². The standard InChI is InChI=1S/C16H20O4/c1-4-20-16(18)11-14(9-10-15(17)19-3)13-7-5-12(2)6-8-13/h5-8,11H,4,9-10H2,1-3H3/b14-11+. The second-order valence-electron chi connectivity index (χ2n) is 4.36. The highest BCUT2D eigenvalue weighted by atomic mass is 16.5. The van der Waals surface area contributed by atoms with Gasteiger partial charge in [-0.15, -0.1) is 0 Å². The Hall–Kier alpha value is -2.10. The van der Waals surface area contributed by atoms with Gasteiger partial charge in [-0.2, -0.15) is 0 Å². The van der Waals surface area contributed by atoms with E-state index in [1.54, 1.807) is 6.92 Å². The first-order chi connectivity index (χ1) is 9.56. The Balaban J connectivity index is 2.91. The van der Waals surface area contributed by atoms with Gasteiger partial charge in [0.05, 0.1) is 13.7 Å². The minimum absolute atomic E-state index is 0.232. The maximum Gasteiger partial charge on any atom is 0.331 e. The number of allylic oxidation sites excluding steroid dienone is 1. The molecule has 0 fully saturated rings. The van der Waals surface area contributed by atoms with Crippen molar-refractivity contribution >= 4 is 17.5 Å². The van der Waals surface area contributed by atoms with E-state index in [0.717, 1.165) is 16.7 Å². The van der Waals surface area contributed by atoms with Crippen LogP contribution in [0.2, 0.25) is 0 Å². The highest BCUT2D eigenvalue weighted by Gasteiger charge is 2.09. The Morgan fingerprint density at radius 3 is 2.35 bits per heavy atom. The fraction of sp³-hybridized carbons (Fsp3) is 0.375. The number of hydrogen-bond donors (Lipinski definition) is 0. The number of esters is 2. The van der Waals surface area contributed by atoms with Crippen LogP contribution >= 0.6 is 0 Å². The number of carbonyl (C=O) groups is 2. The van der Waals surface area contributed by atoms with E-state index in [0.29, 0.717) is 13.0 Å². The quantitative estimate of drug-likeness (QED) is 0.592. The molecular formula is C16H20O4. The minimum atomic E-state index is -0.395. The maximum atomic E-state index is 11.6. The van der Waals surface area contributed by atoms with Crippen LogP contribution in [0.5, 0.6) is 0 Å². The van der Waals surface area contributed by atoms with Gasteiger partial charge in [-0.1, -0.05) is 29.8 Å². The lowest BCUT2D eigenvalue weighted by atomic mass is 9.99. The summed E-state index contributed by atoms with van der Waals surface area (Å²) in [5.41, 5.74) is 2.82. The van der Waals surface area contributed by atoms with Crippen molar-refractivity contribution in [3.63, 3.8) is 0 Å². The third-order valence-electron chi connectivity index (χ3n) is 2.83. The van der Waals surface area contributed by atoms with E-state index in [9.17, 15) is 9.59 Å². The van der Waals surface area contributed by atoms with Crippen molar-refractivity contribution in [2.24, 2.45) is 0 Å². The summed E-state index contributed by atoms with van der Waals surface area (Å²) in [5.74, 6) is -0.695. The first-order valence-electron chi connectivity index (χ1n) is 6.58. The van der Waals surface area contributed by atoms with Gasteiger partial charge in [-0.3, -0.25) is 4.79 Å². The van der Waals surface area contributed by atoms with Crippen molar-refractivity contribution < 1.29 is 19.1 Å². The van der Waals surface area contributed by atoms with Gasteiger partial charge >= 0.3 is 11.9 Å². The summed E-state index contributed by atoms with van der Waals surface area (Å²) in [4.78, 5) is 22.8. The zero-order valence-corrected chi connectivity index (χ0v) is 12.1. The molecule has 0 aliphatic carbocycles. The highest BCUT2D eigenvalue weighted by molar-refractivity contribution is 5.92. The highest BCUT2D eigenvalue weighted by Crippen LogP contribution is 2.21. The molecule has 0 bridgehead atoms. The Labute approximate surface area is 119 Å². The van der Waals surface area contributed by atoms with Gasteiger partial charge in [0.25, 0.3) is 0 Å². The largest absolute Gasteiger partial charge is 0.469 e. The molecule has 0 heterocycles. The summed E-state index contributed by atoms with van der Waals surface area (Å²) >= 11 is 0. The van der Waals surface area contributed by atoms with E-state index in [1.807, 2.05) is 31.2 Å². The molecule has 0 N–H and O–H groups in total. The Kier molecular flexibility index (Phi) is 6.50. The van der Waals surface area contributed by atoms with Crippen molar-refractivity contribution in [2.45, 2.75) is 26.7 Å². The minimum Gasteiger partial charge on any atom is -0.469 e. The molecule has 1 rings (SSSR count). The molecule has 0 spiro atoms. The molecule has 0 aliphatic heterocycles. The van der Waals surface area contributed by atoms with Crippen molar-refractivity contribution in [1.29, 1.82) is 0 Å². The molecule has 0 amide bonds. The van der Waals surface area contributed by atoms with Crippen LogP contribution in [0.4, 0.5) is 0 Å². The van der Waals surface area contributed by atoms with Crippen LogP contribution in [0.3, 0.4) is 0 Å². The lowest BCUT2D eigenvalue weighted by molar-refractivity contribution is -0.140. The molecule has 0 atom stereocenters. The lowest BCUT2D eigenvalue weighted by Gasteiger charge is -2.08. The smallest absolute Gasteiger partial charge is 0.331 e. The van der Waals surface area contributed by atoms with E-state index in [4.69, 9.17) is 4.74 Å². The molecule has 1 aromatic rings. The molecular weight excluding hydrogens is 256 g/mol. The summed E-state index contributed by atoms with van der Waals surface area (Å²) < 4.78 is 9.54. The zero-order chi connectivity index (χ0) is 15.0. The number of ether oxygens (including phenoxy) is 2. The molecule has 0 radical (unpaired) electrons. The van der Waals surface area contributed by atoms with Crippen LogP contribution < -0.4 is 0 Å². The normalized spacial score (nSPS) is 11.1. The van der Waals surface area contributed by atoms with Crippen LogP contribution in [-0.2, 0) is 19.1 Å². The number of aryl methyl sites for hydroxylation is 1. The molecule has 0 unspecified atom stereocenters. The third kappa shape index (κ3) is 5.26. The third-order valence-corrected chi connectivity index (χ3v) is 2.83. The predicted octanol–water partition coefficient (Wildman–Crippen LogP) is 2.89. The first-order valence-corrected chi connectivity index (χ1v) is 6.58. The van der Waals surface area contributed by atoms with E-state index in [-0.39, 0.29) is 12.4 Å². The van der Waals surface area contributed by atoms with Crippen molar-refractivity contribution in [3.8, 4) is 0 Å². The van der Waals surface area contributed by atoms with E-state index >= 15 is 0 Å². The van der Waals surface area contributed by atoms with Gasteiger partial charge in [0, 0.05) is 12.5 Å². The number of hydrogen-bond acceptors (Lipinski definition) is 4. The molecule has 0 saturated heterocycles. The van der Waals surface area contributed by atoms with Crippen molar-refractivity contribution in [3.05, 3.63) is 41.5 Å². The molecule has 1 aromatic carbocycles. The maximum absolute atomic E-state index is 11.6. The molecule has 0 aromatic heterocycles. The van der Waals surface area contributed by atoms with Crippen LogP contribution in [0.25, 0.3) is 5.57 Å². The summed E-state index contributed by atoms with van der Waals surface area (Å²) in [5, 5.41) is 0. The van der Waals surface area contributed by atoms with Crippen LogP contribution in [0, 0.1) is 6.92 Å². The number of methoxy groups -OCH3 is 1. The monoisotopic (exact) mass is 276 g/mol. The Morgan fingerprint density at radius 2 is 1.80 bits per heavy atom. The van der Waals surface area contributed by atoms with Gasteiger partial charge in [-0.25, -0.2) is 4.79 Å². The van der Waals surface area contributed by atoms with Crippen LogP contribution in [0.15, 0.2) is 30.3 Å².